The molecule has 3 atom stereocenters. The lowest BCUT2D eigenvalue weighted by Crippen LogP contribution is -2.22. The first kappa shape index (κ1) is 13.3. The smallest absolute Gasteiger partial charge is 0.132 e. The van der Waals surface area contributed by atoms with E-state index in [-0.39, 0.29) is 5.92 Å². The Kier molecular flexibility index (Phi) is 5.04. The Morgan fingerprint density at radius 2 is 1.94 bits per heavy atom. The first-order chi connectivity index (χ1) is 7.54. The van der Waals surface area contributed by atoms with E-state index in [1.165, 1.54) is 12.8 Å². The van der Waals surface area contributed by atoms with Gasteiger partial charge >= 0.3 is 0 Å². The van der Waals surface area contributed by atoms with Gasteiger partial charge in [-0.15, -0.1) is 0 Å². The Bertz CT molecular complexity index is 257. The second kappa shape index (κ2) is 6.07. The van der Waals surface area contributed by atoms with Gasteiger partial charge in [0.1, 0.15) is 5.78 Å². The molecule has 3 unspecified atom stereocenters. The predicted molar refractivity (Wildman–Crippen MR) is 66.1 cm³/mol. The van der Waals surface area contributed by atoms with Crippen molar-refractivity contribution in [1.82, 2.24) is 0 Å². The maximum Gasteiger partial charge on any atom is 0.132 e. The third kappa shape index (κ3) is 3.66. The first-order valence-electron chi connectivity index (χ1n) is 6.27. The molecule has 0 N–H and O–H groups in total. The Morgan fingerprint density at radius 3 is 2.50 bits per heavy atom. The molecular formula is C14H24O2. The highest BCUT2D eigenvalue weighted by Gasteiger charge is 2.26. The van der Waals surface area contributed by atoms with Crippen LogP contribution < -0.4 is 0 Å². The second-order valence-electron chi connectivity index (χ2n) is 5.18. The van der Waals surface area contributed by atoms with Gasteiger partial charge in [-0.05, 0) is 32.1 Å². The molecule has 2 heteroatoms. The van der Waals surface area contributed by atoms with Crippen molar-refractivity contribution in [3.8, 4) is 0 Å². The van der Waals surface area contributed by atoms with E-state index in [2.05, 4.69) is 13.5 Å². The molecule has 1 aliphatic rings. The van der Waals surface area contributed by atoms with Crippen molar-refractivity contribution in [2.75, 3.05) is 7.11 Å². The summed E-state index contributed by atoms with van der Waals surface area (Å²) >= 11 is 0. The highest BCUT2D eigenvalue weighted by molar-refractivity contribution is 5.78. The highest BCUT2D eigenvalue weighted by atomic mass is 16.5. The normalized spacial score (nSPS) is 31.3. The summed E-state index contributed by atoms with van der Waals surface area (Å²) in [6.07, 6.45) is 5.51. The molecule has 16 heavy (non-hydrogen) atoms. The average Bonchev–Trinajstić information content (AvgIpc) is 2.21. The molecular weight excluding hydrogens is 200 g/mol. The number of carbonyl (C=O) groups excluding carboxylic acids is 1. The van der Waals surface area contributed by atoms with Gasteiger partial charge in [-0.2, -0.15) is 0 Å². The number of hydrogen-bond acceptors (Lipinski definition) is 2. The largest absolute Gasteiger partial charge is 0.501 e. The van der Waals surface area contributed by atoms with Gasteiger partial charge in [0.05, 0.1) is 12.9 Å². The van der Waals surface area contributed by atoms with Gasteiger partial charge in [-0.1, -0.05) is 26.3 Å². The molecule has 1 rings (SSSR count). The lowest BCUT2D eigenvalue weighted by Gasteiger charge is -2.28. The Hall–Kier alpha value is -0.790. The van der Waals surface area contributed by atoms with Gasteiger partial charge < -0.3 is 4.74 Å². The summed E-state index contributed by atoms with van der Waals surface area (Å²) < 4.78 is 5.24. The molecule has 1 fully saturated rings. The number of ketones is 1. The number of ether oxygens (including phenoxy) is 1. The number of rotatable bonds is 3. The summed E-state index contributed by atoms with van der Waals surface area (Å²) in [7, 11) is 1.67. The van der Waals surface area contributed by atoms with Crippen molar-refractivity contribution in [2.45, 2.75) is 46.0 Å². The average molecular weight is 224 g/mol. The van der Waals surface area contributed by atoms with E-state index in [0.29, 0.717) is 17.6 Å². The maximum absolute atomic E-state index is 11.6. The summed E-state index contributed by atoms with van der Waals surface area (Å²) in [6.45, 7) is 7.91. The zero-order valence-electron chi connectivity index (χ0n) is 10.8. The topological polar surface area (TPSA) is 26.3 Å². The van der Waals surface area contributed by atoms with Crippen LogP contribution in [0.3, 0.4) is 0 Å². The highest BCUT2D eigenvalue weighted by Crippen LogP contribution is 2.33. The second-order valence-corrected chi connectivity index (χ2v) is 5.18. The van der Waals surface area contributed by atoms with Crippen molar-refractivity contribution >= 4 is 5.78 Å². The zero-order valence-corrected chi connectivity index (χ0v) is 10.8. The minimum atomic E-state index is 0.201. The van der Waals surface area contributed by atoms with E-state index in [0.717, 1.165) is 25.0 Å². The molecule has 0 aromatic carbocycles. The van der Waals surface area contributed by atoms with Crippen LogP contribution in [-0.2, 0) is 9.53 Å². The molecule has 0 amide bonds. The first-order valence-corrected chi connectivity index (χ1v) is 6.27. The molecule has 0 aromatic heterocycles. The monoisotopic (exact) mass is 224 g/mol. The van der Waals surface area contributed by atoms with Crippen LogP contribution in [-0.4, -0.2) is 12.9 Å². The van der Waals surface area contributed by atoms with E-state index in [9.17, 15) is 4.79 Å². The summed E-state index contributed by atoms with van der Waals surface area (Å²) in [5.41, 5.74) is 0. The van der Waals surface area contributed by atoms with E-state index in [1.807, 2.05) is 0 Å². The molecule has 92 valence electrons. The molecule has 0 heterocycles. The molecule has 0 radical (unpaired) electrons. The van der Waals surface area contributed by atoms with Crippen LogP contribution >= 0.6 is 0 Å². The van der Waals surface area contributed by atoms with Crippen molar-refractivity contribution < 1.29 is 9.53 Å². The fraction of sp³-hybridized carbons (Fsp3) is 0.786. The number of Topliss-reactive ketones (excluding diaryl/α,β-unsaturated/α-hetero) is 1. The van der Waals surface area contributed by atoms with Crippen molar-refractivity contribution in [1.29, 1.82) is 0 Å². The summed E-state index contributed by atoms with van der Waals surface area (Å²) in [5, 5.41) is 0. The minimum absolute atomic E-state index is 0.201. The van der Waals surface area contributed by atoms with Crippen LogP contribution in [0.5, 0.6) is 0 Å². The van der Waals surface area contributed by atoms with Gasteiger partial charge in [0.25, 0.3) is 0 Å². The van der Waals surface area contributed by atoms with Gasteiger partial charge in [0.2, 0.25) is 0 Å². The van der Waals surface area contributed by atoms with Crippen LogP contribution in [0, 0.1) is 17.8 Å². The van der Waals surface area contributed by atoms with Crippen LogP contribution in [0.4, 0.5) is 0 Å². The fourth-order valence-corrected chi connectivity index (χ4v) is 2.66. The molecule has 0 aromatic rings. The van der Waals surface area contributed by atoms with Crippen molar-refractivity contribution in [3.05, 3.63) is 12.3 Å². The molecule has 0 aliphatic heterocycles. The number of methoxy groups -OCH3 is 1. The Morgan fingerprint density at radius 1 is 1.25 bits per heavy atom. The van der Waals surface area contributed by atoms with E-state index < -0.39 is 0 Å². The van der Waals surface area contributed by atoms with E-state index in [4.69, 9.17) is 4.74 Å². The molecule has 1 saturated carbocycles. The third-order valence-electron chi connectivity index (χ3n) is 3.80. The van der Waals surface area contributed by atoms with Gasteiger partial charge in [-0.25, -0.2) is 0 Å². The molecule has 2 nitrogen and oxygen atoms in total. The SMILES string of the molecule is C=C(OC)C1CCCC(C)CC(C(C)=O)C1. The van der Waals surface area contributed by atoms with Gasteiger partial charge in [0.15, 0.2) is 0 Å². The predicted octanol–water partition coefficient (Wildman–Crippen LogP) is 3.57. The molecule has 0 saturated heterocycles. The summed E-state index contributed by atoms with van der Waals surface area (Å²) in [5.74, 6) is 2.41. The lowest BCUT2D eigenvalue weighted by molar-refractivity contribution is -0.122. The van der Waals surface area contributed by atoms with Gasteiger partial charge in [-0.3, -0.25) is 4.79 Å². The number of hydrogen-bond donors (Lipinski definition) is 0. The van der Waals surface area contributed by atoms with Gasteiger partial charge in [0, 0.05) is 11.8 Å². The lowest BCUT2D eigenvalue weighted by atomic mass is 9.78. The Labute approximate surface area is 99.1 Å². The van der Waals surface area contributed by atoms with Crippen LogP contribution in [0.25, 0.3) is 0 Å². The Balaban J connectivity index is 2.68. The fourth-order valence-electron chi connectivity index (χ4n) is 2.66. The summed E-state index contributed by atoms with van der Waals surface area (Å²) in [4.78, 5) is 11.6. The zero-order chi connectivity index (χ0) is 12.1. The standard InChI is InChI=1S/C14H24O2/c1-10-6-5-7-13(12(3)16-4)9-14(8-10)11(2)15/h10,13-14H,3,5-9H2,1-2,4H3. The van der Waals surface area contributed by atoms with E-state index in [1.54, 1.807) is 14.0 Å². The minimum Gasteiger partial charge on any atom is -0.501 e. The van der Waals surface area contributed by atoms with Crippen molar-refractivity contribution in [3.63, 3.8) is 0 Å². The molecule has 0 bridgehead atoms. The number of carbonyl (C=O) groups is 1. The molecule has 1 aliphatic carbocycles. The van der Waals surface area contributed by atoms with Crippen LogP contribution in [0.2, 0.25) is 0 Å². The number of allylic oxidation sites excluding steroid dienone is 1. The third-order valence-corrected chi connectivity index (χ3v) is 3.80. The van der Waals surface area contributed by atoms with E-state index >= 15 is 0 Å². The van der Waals surface area contributed by atoms with Crippen LogP contribution in [0.15, 0.2) is 12.3 Å². The van der Waals surface area contributed by atoms with Crippen molar-refractivity contribution in [2.24, 2.45) is 17.8 Å². The summed E-state index contributed by atoms with van der Waals surface area (Å²) in [6, 6.07) is 0. The van der Waals surface area contributed by atoms with Crippen LogP contribution in [0.1, 0.15) is 46.0 Å². The maximum atomic E-state index is 11.6. The quantitative estimate of drug-likeness (QED) is 0.685. The molecule has 0 spiro atoms.